The second kappa shape index (κ2) is 8.37. The van der Waals surface area contributed by atoms with Gasteiger partial charge in [-0.3, -0.25) is 4.98 Å². The van der Waals surface area contributed by atoms with Crippen molar-refractivity contribution in [3.63, 3.8) is 0 Å². The summed E-state index contributed by atoms with van der Waals surface area (Å²) in [6, 6.07) is 23.8. The molecule has 0 radical (unpaired) electrons. The number of benzene rings is 2. The lowest BCUT2D eigenvalue weighted by Crippen LogP contribution is -2.30. The highest BCUT2D eigenvalue weighted by atomic mass is 32.1. The first-order valence-corrected chi connectivity index (χ1v) is 10.7. The fourth-order valence-electron chi connectivity index (χ4n) is 4.22. The number of hydrogen-bond donors (Lipinski definition) is 1. The molecule has 33 heavy (non-hydrogen) atoms. The molecular formula is C25H19F3N4S. The van der Waals surface area contributed by atoms with Gasteiger partial charge in [-0.15, -0.1) is 0 Å². The number of para-hydroxylation sites is 1. The number of nitrogens with zero attached hydrogens (tertiary/aromatic N) is 3. The number of anilines is 1. The molecule has 0 saturated carbocycles. The monoisotopic (exact) mass is 464 g/mol. The van der Waals surface area contributed by atoms with E-state index >= 15 is 0 Å². The molecule has 0 unspecified atom stereocenters. The highest BCUT2D eigenvalue weighted by Gasteiger charge is 2.42. The first kappa shape index (κ1) is 21.2. The Hall–Kier alpha value is -3.65. The van der Waals surface area contributed by atoms with Gasteiger partial charge in [-0.05, 0) is 66.8 Å². The average Bonchev–Trinajstić information content (AvgIpc) is 3.44. The third kappa shape index (κ3) is 3.98. The second-order valence-electron chi connectivity index (χ2n) is 7.68. The molecular weight excluding hydrogens is 445 g/mol. The second-order valence-corrected chi connectivity index (χ2v) is 8.07. The minimum absolute atomic E-state index is 0.293. The summed E-state index contributed by atoms with van der Waals surface area (Å²) in [5.74, 6) is 0. The summed E-state index contributed by atoms with van der Waals surface area (Å²) in [4.78, 5) is 6.52. The van der Waals surface area contributed by atoms with E-state index in [9.17, 15) is 13.2 Å². The van der Waals surface area contributed by atoms with Gasteiger partial charge >= 0.3 is 6.18 Å². The van der Waals surface area contributed by atoms with Crippen LogP contribution < -0.4 is 10.2 Å². The molecule has 2 aromatic carbocycles. The van der Waals surface area contributed by atoms with E-state index in [0.717, 1.165) is 29.2 Å². The minimum Gasteiger partial charge on any atom is -0.351 e. The van der Waals surface area contributed by atoms with Crippen LogP contribution in [0.4, 0.5) is 18.9 Å². The van der Waals surface area contributed by atoms with Gasteiger partial charge < -0.3 is 14.8 Å². The molecule has 1 fully saturated rings. The smallest absolute Gasteiger partial charge is 0.351 e. The maximum Gasteiger partial charge on any atom is 0.416 e. The van der Waals surface area contributed by atoms with Crippen molar-refractivity contribution in [3.05, 3.63) is 114 Å². The molecule has 5 rings (SSSR count). The van der Waals surface area contributed by atoms with E-state index in [1.54, 1.807) is 23.0 Å². The van der Waals surface area contributed by atoms with Crippen LogP contribution in [0.25, 0.3) is 5.69 Å². The lowest BCUT2D eigenvalue weighted by Gasteiger charge is -2.29. The lowest BCUT2D eigenvalue weighted by atomic mass is 10.0. The summed E-state index contributed by atoms with van der Waals surface area (Å²) in [6.45, 7) is 0. The van der Waals surface area contributed by atoms with E-state index in [-0.39, 0.29) is 12.1 Å². The van der Waals surface area contributed by atoms with Crippen molar-refractivity contribution in [1.82, 2.24) is 14.9 Å². The normalized spacial score (nSPS) is 18.4. The van der Waals surface area contributed by atoms with E-state index in [1.165, 1.54) is 6.07 Å². The largest absolute Gasteiger partial charge is 0.416 e. The highest BCUT2D eigenvalue weighted by molar-refractivity contribution is 7.80. The fraction of sp³-hybridized carbons (Fsp3) is 0.120. The van der Waals surface area contributed by atoms with Crippen LogP contribution in [0.5, 0.6) is 0 Å². The van der Waals surface area contributed by atoms with Crippen LogP contribution in [-0.2, 0) is 6.18 Å². The van der Waals surface area contributed by atoms with Crippen molar-refractivity contribution in [1.29, 1.82) is 0 Å². The molecule has 1 N–H and O–H groups in total. The Balaban J connectivity index is 1.66. The molecule has 1 aliphatic heterocycles. The fourth-order valence-corrected chi connectivity index (χ4v) is 4.57. The van der Waals surface area contributed by atoms with Gasteiger partial charge in [0.2, 0.25) is 0 Å². The molecule has 2 aromatic heterocycles. The molecule has 0 spiro atoms. The van der Waals surface area contributed by atoms with Gasteiger partial charge in [-0.2, -0.15) is 13.2 Å². The number of alkyl halides is 3. The van der Waals surface area contributed by atoms with Crippen LogP contribution in [-0.4, -0.2) is 14.7 Å². The Labute approximate surface area is 194 Å². The zero-order valence-electron chi connectivity index (χ0n) is 17.3. The van der Waals surface area contributed by atoms with Crippen LogP contribution in [0.2, 0.25) is 0 Å². The Kier molecular flexibility index (Phi) is 5.38. The molecule has 1 aliphatic rings. The molecule has 0 aliphatic carbocycles. The first-order chi connectivity index (χ1) is 15.9. The van der Waals surface area contributed by atoms with Crippen molar-refractivity contribution in [2.24, 2.45) is 0 Å². The van der Waals surface area contributed by atoms with Gasteiger partial charge in [0, 0.05) is 29.5 Å². The summed E-state index contributed by atoms with van der Waals surface area (Å²) in [5, 5.41) is 3.90. The number of hydrogen-bond acceptors (Lipinski definition) is 2. The van der Waals surface area contributed by atoms with E-state index in [1.807, 2.05) is 65.6 Å². The Morgan fingerprint density at radius 2 is 1.61 bits per heavy atom. The Bertz CT molecular complexity index is 1270. The molecule has 3 heterocycles. The third-order valence-electron chi connectivity index (χ3n) is 5.67. The highest BCUT2D eigenvalue weighted by Crippen LogP contribution is 2.42. The number of thiocarbonyl (C=S) groups is 1. The van der Waals surface area contributed by atoms with Gasteiger partial charge in [0.05, 0.1) is 17.3 Å². The summed E-state index contributed by atoms with van der Waals surface area (Å²) in [7, 11) is 0. The maximum atomic E-state index is 13.4. The molecule has 166 valence electrons. The average molecular weight is 465 g/mol. The summed E-state index contributed by atoms with van der Waals surface area (Å²) >= 11 is 5.71. The summed E-state index contributed by atoms with van der Waals surface area (Å²) < 4.78 is 41.9. The minimum atomic E-state index is -4.42. The standard InChI is InChI=1S/C25H19F3N4S/c26-25(27,28)17-8-6-11-19(16-17)31-15-7-13-21(31)23-22(20-12-4-5-14-29-20)30-24(33)32(23)18-9-2-1-3-10-18/h1-16,22-23H,(H,30,33)/t22-,23+/m0/s1. The van der Waals surface area contributed by atoms with Crippen molar-refractivity contribution >= 4 is 23.0 Å². The number of halogens is 3. The van der Waals surface area contributed by atoms with Crippen LogP contribution in [0.1, 0.15) is 29.0 Å². The molecule has 0 bridgehead atoms. The van der Waals surface area contributed by atoms with Gasteiger partial charge in [0.15, 0.2) is 5.11 Å². The van der Waals surface area contributed by atoms with Crippen LogP contribution in [0, 0.1) is 0 Å². The number of aromatic nitrogens is 2. The summed E-state index contributed by atoms with van der Waals surface area (Å²) in [5.41, 5.74) is 2.20. The van der Waals surface area contributed by atoms with Crippen LogP contribution >= 0.6 is 12.2 Å². The summed E-state index contributed by atoms with van der Waals surface area (Å²) in [6.07, 6.45) is -0.939. The predicted molar refractivity (Wildman–Crippen MR) is 125 cm³/mol. The van der Waals surface area contributed by atoms with Crippen molar-refractivity contribution in [2.75, 3.05) is 4.90 Å². The maximum absolute atomic E-state index is 13.4. The van der Waals surface area contributed by atoms with Crippen LogP contribution in [0.3, 0.4) is 0 Å². The topological polar surface area (TPSA) is 33.1 Å². The predicted octanol–water partition coefficient (Wildman–Crippen LogP) is 6.07. The molecule has 8 heteroatoms. The van der Waals surface area contributed by atoms with E-state index in [4.69, 9.17) is 12.2 Å². The number of nitrogens with one attached hydrogen (secondary N) is 1. The molecule has 0 amide bonds. The van der Waals surface area contributed by atoms with Crippen molar-refractivity contribution in [2.45, 2.75) is 18.3 Å². The van der Waals surface area contributed by atoms with Gasteiger partial charge in [-0.25, -0.2) is 0 Å². The zero-order valence-corrected chi connectivity index (χ0v) is 18.1. The zero-order chi connectivity index (χ0) is 23.0. The van der Waals surface area contributed by atoms with Gasteiger partial charge in [0.1, 0.15) is 6.04 Å². The van der Waals surface area contributed by atoms with Gasteiger partial charge in [0.25, 0.3) is 0 Å². The van der Waals surface area contributed by atoms with Crippen LogP contribution in [0.15, 0.2) is 97.3 Å². The molecule has 1 saturated heterocycles. The van der Waals surface area contributed by atoms with E-state index < -0.39 is 11.7 Å². The van der Waals surface area contributed by atoms with E-state index in [0.29, 0.717) is 10.8 Å². The first-order valence-electron chi connectivity index (χ1n) is 10.3. The number of pyridine rings is 1. The van der Waals surface area contributed by atoms with E-state index in [2.05, 4.69) is 10.3 Å². The van der Waals surface area contributed by atoms with Crippen molar-refractivity contribution in [3.8, 4) is 5.69 Å². The van der Waals surface area contributed by atoms with Crippen molar-refractivity contribution < 1.29 is 13.2 Å². The lowest BCUT2D eigenvalue weighted by molar-refractivity contribution is -0.137. The van der Waals surface area contributed by atoms with Gasteiger partial charge in [-0.1, -0.05) is 30.3 Å². The quantitative estimate of drug-likeness (QED) is 0.372. The third-order valence-corrected chi connectivity index (χ3v) is 5.98. The molecule has 4 nitrogen and oxygen atoms in total. The number of rotatable bonds is 4. The Morgan fingerprint density at radius 1 is 0.848 bits per heavy atom. The molecule has 2 atom stereocenters. The molecule has 4 aromatic rings. The SMILES string of the molecule is FC(F)(F)c1cccc(-n2cccc2[C@@H]2[C@H](c3ccccn3)NC(=S)N2c2ccccc2)c1. The Morgan fingerprint density at radius 3 is 2.33 bits per heavy atom.